The van der Waals surface area contributed by atoms with Gasteiger partial charge in [0.1, 0.15) is 0 Å². The van der Waals surface area contributed by atoms with Gasteiger partial charge in [0.2, 0.25) is 5.95 Å². The molecular formula is C32H32F9N5O4. The van der Waals surface area contributed by atoms with Crippen molar-refractivity contribution in [2.24, 2.45) is 0 Å². The maximum Gasteiger partial charge on any atom is 0.533 e. The number of halogens is 9. The third-order valence-electron chi connectivity index (χ3n) is 8.23. The highest BCUT2D eigenvalue weighted by molar-refractivity contribution is 5.66. The number of aromatic nitrogens is 2. The van der Waals surface area contributed by atoms with Crippen molar-refractivity contribution in [1.29, 1.82) is 0 Å². The van der Waals surface area contributed by atoms with E-state index in [0.717, 1.165) is 18.2 Å². The standard InChI is InChI=1S/C32H32F9N5O4/c1-3-22-16-24(23-15-19(30(33,34)35)5-6-26(23)46(22)50-29(47)49-4-2)43-28-42-17-27(45-7-9-48-10-8-45)25(44-28)13-18-11-20(31(36,37)38)14-21(12-18)32(39,40)41/h5-6,11-12,14-15,17,22,24H,3-4,7-10,13,16H2,1-2H3,(H,42,43,44)/t22-,24+/m1/s1. The van der Waals surface area contributed by atoms with Crippen molar-refractivity contribution >= 4 is 23.5 Å². The molecular weight excluding hydrogens is 689 g/mol. The average Bonchev–Trinajstić information content (AvgIpc) is 3.05. The first kappa shape index (κ1) is 36.8. The van der Waals surface area contributed by atoms with E-state index in [0.29, 0.717) is 50.5 Å². The molecule has 0 spiro atoms. The zero-order chi connectivity index (χ0) is 36.4. The van der Waals surface area contributed by atoms with Gasteiger partial charge in [0.15, 0.2) is 0 Å². The third kappa shape index (κ3) is 8.45. The number of morpholine rings is 1. The lowest BCUT2D eigenvalue weighted by Crippen LogP contribution is -2.43. The molecule has 2 aliphatic heterocycles. The summed E-state index contributed by atoms with van der Waals surface area (Å²) in [6.45, 7) is 4.59. The Bertz CT molecular complexity index is 1640. The van der Waals surface area contributed by atoms with Crippen molar-refractivity contribution in [3.05, 3.63) is 76.1 Å². The fourth-order valence-corrected chi connectivity index (χ4v) is 5.87. The van der Waals surface area contributed by atoms with Crippen molar-refractivity contribution in [3.8, 4) is 0 Å². The van der Waals surface area contributed by atoms with Crippen LogP contribution in [0.5, 0.6) is 0 Å². The van der Waals surface area contributed by atoms with Gasteiger partial charge < -0.3 is 24.5 Å². The molecule has 0 unspecified atom stereocenters. The number of hydroxylamine groups is 1. The molecule has 1 saturated heterocycles. The van der Waals surface area contributed by atoms with Crippen LogP contribution < -0.4 is 15.3 Å². The predicted octanol–water partition coefficient (Wildman–Crippen LogP) is 8.19. The second kappa shape index (κ2) is 14.4. The zero-order valence-electron chi connectivity index (χ0n) is 26.7. The summed E-state index contributed by atoms with van der Waals surface area (Å²) in [6, 6.07) is 2.71. The molecule has 3 heterocycles. The smallest absolute Gasteiger partial charge is 0.433 e. The Hall–Kier alpha value is -4.48. The van der Waals surface area contributed by atoms with Crippen molar-refractivity contribution < 1.29 is 58.6 Å². The maximum absolute atomic E-state index is 13.8. The van der Waals surface area contributed by atoms with E-state index in [2.05, 4.69) is 15.3 Å². The van der Waals surface area contributed by atoms with Gasteiger partial charge in [0.05, 0.1) is 71.9 Å². The topological polar surface area (TPSA) is 89.1 Å². The number of carbonyl (C=O) groups excluding carboxylic acids is 1. The fourth-order valence-electron chi connectivity index (χ4n) is 5.87. The Morgan fingerprint density at radius 3 is 2.12 bits per heavy atom. The highest BCUT2D eigenvalue weighted by Gasteiger charge is 2.40. The Labute approximate surface area is 280 Å². The van der Waals surface area contributed by atoms with Crippen molar-refractivity contribution in [2.75, 3.05) is 48.2 Å². The van der Waals surface area contributed by atoms with Gasteiger partial charge in [-0.1, -0.05) is 6.92 Å². The van der Waals surface area contributed by atoms with E-state index in [1.54, 1.807) is 18.7 Å². The summed E-state index contributed by atoms with van der Waals surface area (Å²) >= 11 is 0. The summed E-state index contributed by atoms with van der Waals surface area (Å²) in [4.78, 5) is 28.2. The number of anilines is 3. The second-order valence-corrected chi connectivity index (χ2v) is 11.6. The van der Waals surface area contributed by atoms with Gasteiger partial charge in [-0.15, -0.1) is 0 Å². The summed E-state index contributed by atoms with van der Waals surface area (Å²) in [5.41, 5.74) is -3.64. The van der Waals surface area contributed by atoms with Crippen LogP contribution in [-0.2, 0) is 39.3 Å². The summed E-state index contributed by atoms with van der Waals surface area (Å²) in [5.74, 6) is -0.136. The van der Waals surface area contributed by atoms with Gasteiger partial charge in [-0.05, 0) is 61.7 Å². The highest BCUT2D eigenvalue weighted by Crippen LogP contribution is 2.43. The average molecular weight is 722 g/mol. The summed E-state index contributed by atoms with van der Waals surface area (Å²) in [5, 5.41) is 4.20. The lowest BCUT2D eigenvalue weighted by atomic mass is 9.90. The first-order valence-corrected chi connectivity index (χ1v) is 15.6. The van der Waals surface area contributed by atoms with Crippen LogP contribution in [0.4, 0.5) is 61.6 Å². The highest BCUT2D eigenvalue weighted by atomic mass is 19.4. The summed E-state index contributed by atoms with van der Waals surface area (Å²) in [6.07, 6.45) is -14.6. The van der Waals surface area contributed by atoms with E-state index in [9.17, 15) is 44.3 Å². The van der Waals surface area contributed by atoms with Gasteiger partial charge in [0.25, 0.3) is 0 Å². The van der Waals surface area contributed by atoms with E-state index in [-0.39, 0.29) is 47.6 Å². The van der Waals surface area contributed by atoms with E-state index in [4.69, 9.17) is 14.3 Å². The van der Waals surface area contributed by atoms with Crippen LogP contribution in [0.2, 0.25) is 0 Å². The van der Waals surface area contributed by atoms with E-state index in [1.807, 2.05) is 0 Å². The molecule has 1 fully saturated rings. The van der Waals surface area contributed by atoms with E-state index >= 15 is 0 Å². The first-order valence-electron chi connectivity index (χ1n) is 15.6. The molecule has 1 N–H and O–H groups in total. The number of ether oxygens (including phenoxy) is 2. The fraction of sp³-hybridized carbons (Fsp3) is 0.469. The number of benzene rings is 2. The minimum atomic E-state index is -5.06. The largest absolute Gasteiger partial charge is 0.533 e. The third-order valence-corrected chi connectivity index (χ3v) is 8.23. The molecule has 18 heteroatoms. The monoisotopic (exact) mass is 721 g/mol. The number of rotatable bonds is 8. The van der Waals surface area contributed by atoms with Crippen LogP contribution in [0.25, 0.3) is 0 Å². The number of carbonyl (C=O) groups is 1. The van der Waals surface area contributed by atoms with E-state index < -0.39 is 59.9 Å². The molecule has 2 atom stereocenters. The minimum Gasteiger partial charge on any atom is -0.433 e. The lowest BCUT2D eigenvalue weighted by Gasteiger charge is -2.40. The Kier molecular flexibility index (Phi) is 10.6. The van der Waals surface area contributed by atoms with Gasteiger partial charge in [-0.2, -0.15) is 44.6 Å². The molecule has 0 amide bonds. The van der Waals surface area contributed by atoms with Gasteiger partial charge in [0, 0.05) is 25.1 Å². The molecule has 0 aliphatic carbocycles. The van der Waals surface area contributed by atoms with Crippen LogP contribution in [0, 0.1) is 0 Å². The minimum absolute atomic E-state index is 0.00828. The SMILES string of the molecule is CCOC(=O)ON1c2ccc(C(F)(F)F)cc2[C@@H](Nc2ncc(N3CCOCC3)c(Cc3cc(C(F)(F)F)cc(C(F)(F)F)c3)n2)C[C@H]1CC. The number of hydrogen-bond donors (Lipinski definition) is 1. The van der Waals surface area contributed by atoms with Crippen molar-refractivity contribution in [2.45, 2.75) is 63.7 Å². The van der Waals surface area contributed by atoms with Crippen molar-refractivity contribution in [1.82, 2.24) is 9.97 Å². The van der Waals surface area contributed by atoms with Crippen LogP contribution in [-0.4, -0.2) is 55.1 Å². The molecule has 272 valence electrons. The summed E-state index contributed by atoms with van der Waals surface area (Å²) < 4.78 is 134. The second-order valence-electron chi connectivity index (χ2n) is 11.6. The maximum atomic E-state index is 13.8. The predicted molar refractivity (Wildman–Crippen MR) is 161 cm³/mol. The first-order chi connectivity index (χ1) is 23.5. The summed E-state index contributed by atoms with van der Waals surface area (Å²) in [7, 11) is 0. The Morgan fingerprint density at radius 1 is 0.900 bits per heavy atom. The Balaban J connectivity index is 1.56. The molecule has 3 aromatic rings. The molecule has 0 bridgehead atoms. The number of nitrogens with one attached hydrogen (secondary N) is 1. The molecule has 0 saturated carbocycles. The molecule has 5 rings (SSSR count). The van der Waals surface area contributed by atoms with Gasteiger partial charge in [-0.25, -0.2) is 14.8 Å². The molecule has 2 aromatic carbocycles. The number of hydrogen-bond acceptors (Lipinski definition) is 9. The molecule has 9 nitrogen and oxygen atoms in total. The van der Waals surface area contributed by atoms with E-state index in [1.165, 1.54) is 11.3 Å². The van der Waals surface area contributed by atoms with Crippen LogP contribution in [0.1, 0.15) is 66.2 Å². The molecule has 1 aromatic heterocycles. The van der Waals surface area contributed by atoms with Crippen molar-refractivity contribution in [3.63, 3.8) is 0 Å². The number of nitrogens with zero attached hydrogens (tertiary/aromatic N) is 4. The van der Waals surface area contributed by atoms with Crippen LogP contribution in [0.3, 0.4) is 0 Å². The number of alkyl halides is 9. The Morgan fingerprint density at radius 2 is 1.54 bits per heavy atom. The molecule has 0 radical (unpaired) electrons. The number of fused-ring (bicyclic) bond motifs is 1. The normalized spacial score (nSPS) is 18.5. The lowest BCUT2D eigenvalue weighted by molar-refractivity contribution is -0.143. The quantitative estimate of drug-likeness (QED) is 0.183. The van der Waals surface area contributed by atoms with Crippen LogP contribution >= 0.6 is 0 Å². The zero-order valence-corrected chi connectivity index (χ0v) is 26.7. The molecule has 2 aliphatic rings. The molecule has 50 heavy (non-hydrogen) atoms. The van der Waals surface area contributed by atoms with Gasteiger partial charge >= 0.3 is 24.7 Å². The van der Waals surface area contributed by atoms with Crippen LogP contribution in [0.15, 0.2) is 42.6 Å². The van der Waals surface area contributed by atoms with Gasteiger partial charge in [-0.3, -0.25) is 0 Å².